The van der Waals surface area contributed by atoms with Crippen molar-refractivity contribution in [1.82, 2.24) is 14.8 Å². The third-order valence-corrected chi connectivity index (χ3v) is 4.07. The summed E-state index contributed by atoms with van der Waals surface area (Å²) in [4.78, 5) is 18.1. The summed E-state index contributed by atoms with van der Waals surface area (Å²) < 4.78 is 12.9. The molecule has 0 spiro atoms. The molecule has 2 aromatic rings. The lowest BCUT2D eigenvalue weighted by atomic mass is 10.3. The highest BCUT2D eigenvalue weighted by molar-refractivity contribution is 7.84. The maximum Gasteiger partial charge on any atom is 0.227 e. The molecule has 0 saturated heterocycles. The van der Waals surface area contributed by atoms with Gasteiger partial charge in [-0.3, -0.25) is 14.0 Å². The maximum absolute atomic E-state index is 12.3. The van der Waals surface area contributed by atoms with Crippen LogP contribution in [-0.4, -0.2) is 43.4 Å². The van der Waals surface area contributed by atoms with Crippen molar-refractivity contribution in [3.05, 3.63) is 36.4 Å². The molecule has 1 atom stereocenters. The van der Waals surface area contributed by atoms with Gasteiger partial charge in [0.2, 0.25) is 5.91 Å². The Morgan fingerprint density at radius 1 is 1.45 bits per heavy atom. The van der Waals surface area contributed by atoms with Crippen LogP contribution in [0.3, 0.4) is 0 Å². The largest absolute Gasteiger partial charge is 0.310 e. The first-order chi connectivity index (χ1) is 10.5. The van der Waals surface area contributed by atoms with E-state index in [1.807, 2.05) is 32.2 Å². The van der Waals surface area contributed by atoms with Crippen molar-refractivity contribution in [2.24, 2.45) is 0 Å². The summed E-state index contributed by atoms with van der Waals surface area (Å²) in [6.07, 6.45) is 7.13. The lowest BCUT2D eigenvalue weighted by Crippen LogP contribution is -2.31. The quantitative estimate of drug-likeness (QED) is 0.812. The number of carbonyl (C=O) groups excluding carboxylic acids is 1. The molecule has 7 heteroatoms. The van der Waals surface area contributed by atoms with Crippen LogP contribution in [0.4, 0.5) is 5.69 Å². The van der Waals surface area contributed by atoms with E-state index in [2.05, 4.69) is 10.1 Å². The van der Waals surface area contributed by atoms with Gasteiger partial charge < -0.3 is 4.90 Å². The minimum Gasteiger partial charge on any atom is -0.310 e. The van der Waals surface area contributed by atoms with Gasteiger partial charge in [-0.25, -0.2) is 4.68 Å². The summed E-state index contributed by atoms with van der Waals surface area (Å²) in [6, 6.07) is 3.74. The Bertz CT molecular complexity index is 669. The van der Waals surface area contributed by atoms with Crippen molar-refractivity contribution >= 4 is 22.4 Å². The average Bonchev–Trinajstić information content (AvgIpc) is 2.89. The van der Waals surface area contributed by atoms with E-state index in [4.69, 9.17) is 0 Å². The van der Waals surface area contributed by atoms with E-state index in [9.17, 15) is 9.00 Å². The molecule has 0 N–H and O–H groups in total. The highest BCUT2D eigenvalue weighted by Gasteiger charge is 2.19. The van der Waals surface area contributed by atoms with Gasteiger partial charge in [-0.15, -0.1) is 0 Å². The van der Waals surface area contributed by atoms with Gasteiger partial charge in [0.25, 0.3) is 0 Å². The van der Waals surface area contributed by atoms with Crippen LogP contribution in [0.2, 0.25) is 0 Å². The van der Waals surface area contributed by atoms with Gasteiger partial charge in [0, 0.05) is 42.0 Å². The normalized spacial score (nSPS) is 12.1. The first-order valence-corrected chi connectivity index (χ1v) is 8.82. The molecule has 0 aliphatic heterocycles. The number of rotatable bonds is 6. The van der Waals surface area contributed by atoms with Crippen molar-refractivity contribution in [3.63, 3.8) is 0 Å². The molecule has 0 aliphatic rings. The molecular formula is C15H20N4O2S. The van der Waals surface area contributed by atoms with Gasteiger partial charge >= 0.3 is 0 Å². The Balaban J connectivity index is 2.25. The van der Waals surface area contributed by atoms with Gasteiger partial charge in [0.05, 0.1) is 29.5 Å². The topological polar surface area (TPSA) is 68.1 Å². The molecule has 2 aromatic heterocycles. The highest BCUT2D eigenvalue weighted by atomic mass is 32.2. The monoisotopic (exact) mass is 320 g/mol. The number of amides is 1. The van der Waals surface area contributed by atoms with Gasteiger partial charge in [-0.05, 0) is 26.0 Å². The lowest BCUT2D eigenvalue weighted by molar-refractivity contribution is -0.118. The molecule has 6 nitrogen and oxygen atoms in total. The predicted octanol–water partition coefficient (Wildman–Crippen LogP) is 1.70. The van der Waals surface area contributed by atoms with Gasteiger partial charge in [0.1, 0.15) is 0 Å². The second kappa shape index (κ2) is 7.31. The molecule has 118 valence electrons. The van der Waals surface area contributed by atoms with Crippen molar-refractivity contribution in [2.75, 3.05) is 23.5 Å². The summed E-state index contributed by atoms with van der Waals surface area (Å²) in [5, 5.41) is 4.45. The zero-order chi connectivity index (χ0) is 16.1. The number of anilines is 1. The number of pyridine rings is 1. The Labute approximate surface area is 132 Å². The molecular weight excluding hydrogens is 300 g/mol. The van der Waals surface area contributed by atoms with Crippen LogP contribution in [0.15, 0.2) is 30.7 Å². The number of nitrogens with zero attached hydrogens (tertiary/aromatic N) is 4. The molecule has 22 heavy (non-hydrogen) atoms. The van der Waals surface area contributed by atoms with Crippen LogP contribution in [0, 0.1) is 6.92 Å². The molecule has 1 amide bonds. The van der Waals surface area contributed by atoms with Gasteiger partial charge in [0.15, 0.2) is 0 Å². The van der Waals surface area contributed by atoms with E-state index in [-0.39, 0.29) is 12.3 Å². The first kappa shape index (κ1) is 16.4. The third-order valence-electron chi connectivity index (χ3n) is 3.29. The Morgan fingerprint density at radius 2 is 2.23 bits per heavy atom. The lowest BCUT2D eigenvalue weighted by Gasteiger charge is -2.19. The zero-order valence-electron chi connectivity index (χ0n) is 13.0. The summed E-state index contributed by atoms with van der Waals surface area (Å²) in [5.41, 5.74) is 2.39. The first-order valence-electron chi connectivity index (χ1n) is 7.10. The third kappa shape index (κ3) is 3.79. The van der Waals surface area contributed by atoms with Crippen LogP contribution in [0.5, 0.6) is 0 Å². The van der Waals surface area contributed by atoms with Crippen LogP contribution >= 0.6 is 0 Å². The zero-order valence-corrected chi connectivity index (χ0v) is 13.8. The van der Waals surface area contributed by atoms with E-state index < -0.39 is 10.8 Å². The summed E-state index contributed by atoms with van der Waals surface area (Å²) in [6.45, 7) is 4.34. The van der Waals surface area contributed by atoms with E-state index in [1.165, 1.54) is 0 Å². The predicted molar refractivity (Wildman–Crippen MR) is 87.7 cm³/mol. The summed E-state index contributed by atoms with van der Waals surface area (Å²) >= 11 is 0. The standard InChI is InChI=1S/C15H20N4O2S/c1-4-18(15(20)7-9-22(3)21)14-11-19(17-12(14)2)13-6-5-8-16-10-13/h5-6,8,10-11H,4,7,9H2,1-3H3. The van der Waals surface area contributed by atoms with Crippen molar-refractivity contribution < 1.29 is 9.00 Å². The van der Waals surface area contributed by atoms with E-state index in [0.717, 1.165) is 17.1 Å². The number of aryl methyl sites for hydroxylation is 1. The number of hydrogen-bond donors (Lipinski definition) is 0. The van der Waals surface area contributed by atoms with Crippen LogP contribution < -0.4 is 4.90 Å². The van der Waals surface area contributed by atoms with E-state index in [1.54, 1.807) is 28.2 Å². The number of hydrogen-bond acceptors (Lipinski definition) is 4. The number of carbonyl (C=O) groups is 1. The Hall–Kier alpha value is -2.02. The molecule has 0 bridgehead atoms. The SMILES string of the molecule is CCN(C(=O)CCS(C)=O)c1cn(-c2cccnc2)nc1C. The maximum atomic E-state index is 12.3. The average molecular weight is 320 g/mol. The summed E-state index contributed by atoms with van der Waals surface area (Å²) in [5.74, 6) is 0.344. The molecule has 1 unspecified atom stereocenters. The molecule has 0 fully saturated rings. The van der Waals surface area contributed by atoms with Crippen molar-refractivity contribution in [1.29, 1.82) is 0 Å². The number of aromatic nitrogens is 3. The van der Waals surface area contributed by atoms with Crippen molar-refractivity contribution in [2.45, 2.75) is 20.3 Å². The fraction of sp³-hybridized carbons (Fsp3) is 0.400. The summed E-state index contributed by atoms with van der Waals surface area (Å²) in [7, 11) is -0.968. The van der Waals surface area contributed by atoms with Crippen LogP contribution in [-0.2, 0) is 15.6 Å². The highest BCUT2D eigenvalue weighted by Crippen LogP contribution is 2.21. The molecule has 0 aliphatic carbocycles. The second-order valence-electron chi connectivity index (χ2n) is 4.92. The molecule has 2 heterocycles. The molecule has 0 saturated carbocycles. The molecule has 0 aromatic carbocycles. The molecule has 2 rings (SSSR count). The van der Waals surface area contributed by atoms with Crippen molar-refractivity contribution in [3.8, 4) is 5.69 Å². The fourth-order valence-electron chi connectivity index (χ4n) is 2.18. The Morgan fingerprint density at radius 3 is 2.82 bits per heavy atom. The fourth-order valence-corrected chi connectivity index (χ4v) is 2.65. The van der Waals surface area contributed by atoms with Gasteiger partial charge in [-0.1, -0.05) is 0 Å². The van der Waals surface area contributed by atoms with E-state index in [0.29, 0.717) is 12.3 Å². The smallest absolute Gasteiger partial charge is 0.227 e. The van der Waals surface area contributed by atoms with Crippen LogP contribution in [0.25, 0.3) is 5.69 Å². The van der Waals surface area contributed by atoms with Crippen LogP contribution in [0.1, 0.15) is 19.0 Å². The molecule has 0 radical (unpaired) electrons. The Kier molecular flexibility index (Phi) is 5.43. The van der Waals surface area contributed by atoms with Gasteiger partial charge in [-0.2, -0.15) is 5.10 Å². The van der Waals surface area contributed by atoms with E-state index >= 15 is 0 Å². The minimum absolute atomic E-state index is 0.0356. The minimum atomic E-state index is -0.968. The second-order valence-corrected chi connectivity index (χ2v) is 6.48.